The van der Waals surface area contributed by atoms with Crippen LogP contribution in [0.15, 0.2) is 53.7 Å². The third-order valence-electron chi connectivity index (χ3n) is 5.31. The molecule has 0 unspecified atom stereocenters. The second-order valence-electron chi connectivity index (χ2n) is 7.42. The lowest BCUT2D eigenvalue weighted by atomic mass is 10.0. The number of ether oxygens (including phenoxy) is 1. The Balaban J connectivity index is 1.44. The smallest absolute Gasteiger partial charge is 0.274 e. The molecule has 9 nitrogen and oxygen atoms in total. The average molecular weight is 415 g/mol. The molecule has 31 heavy (non-hydrogen) atoms. The number of anilines is 3. The molecule has 4 aromatic rings. The van der Waals surface area contributed by atoms with E-state index in [0.717, 1.165) is 47.0 Å². The van der Waals surface area contributed by atoms with Crippen LogP contribution in [0.4, 0.5) is 17.2 Å². The number of hydrogen-bond acceptors (Lipinski definition) is 8. The Morgan fingerprint density at radius 3 is 2.81 bits per heavy atom. The molecule has 0 aliphatic carbocycles. The van der Waals surface area contributed by atoms with Gasteiger partial charge in [0.25, 0.3) is 5.56 Å². The van der Waals surface area contributed by atoms with E-state index in [0.29, 0.717) is 18.1 Å². The van der Waals surface area contributed by atoms with Crippen LogP contribution in [0.2, 0.25) is 0 Å². The average Bonchev–Trinajstić information content (AvgIpc) is 2.78. The second-order valence-corrected chi connectivity index (χ2v) is 7.42. The number of aromatic nitrogens is 5. The van der Waals surface area contributed by atoms with Gasteiger partial charge in [-0.3, -0.25) is 9.78 Å². The van der Waals surface area contributed by atoms with E-state index in [1.54, 1.807) is 13.3 Å². The third-order valence-corrected chi connectivity index (χ3v) is 5.31. The second kappa shape index (κ2) is 7.67. The van der Waals surface area contributed by atoms with E-state index in [9.17, 15) is 4.79 Å². The number of nitrogens with zero attached hydrogens (tertiary/aromatic N) is 6. The zero-order valence-electron chi connectivity index (χ0n) is 17.2. The van der Waals surface area contributed by atoms with Gasteiger partial charge in [0.15, 0.2) is 11.5 Å². The quantitative estimate of drug-likeness (QED) is 0.543. The minimum absolute atomic E-state index is 0.190. The molecule has 0 saturated carbocycles. The molecule has 0 spiro atoms. The molecule has 1 aliphatic heterocycles. The van der Waals surface area contributed by atoms with Crippen molar-refractivity contribution in [3.63, 3.8) is 0 Å². The van der Waals surface area contributed by atoms with Gasteiger partial charge >= 0.3 is 0 Å². The first-order valence-electron chi connectivity index (χ1n) is 9.96. The highest BCUT2D eigenvalue weighted by Gasteiger charge is 2.21. The van der Waals surface area contributed by atoms with E-state index in [4.69, 9.17) is 4.74 Å². The molecule has 0 fully saturated rings. The van der Waals surface area contributed by atoms with Crippen molar-refractivity contribution in [3.8, 4) is 5.88 Å². The summed E-state index contributed by atoms with van der Waals surface area (Å²) in [5.41, 5.74) is 5.30. The van der Waals surface area contributed by atoms with Crippen LogP contribution in [0, 0.1) is 6.92 Å². The summed E-state index contributed by atoms with van der Waals surface area (Å²) >= 11 is 0. The van der Waals surface area contributed by atoms with Crippen molar-refractivity contribution in [1.29, 1.82) is 0 Å². The van der Waals surface area contributed by atoms with Crippen molar-refractivity contribution in [1.82, 2.24) is 24.6 Å². The molecule has 156 valence electrons. The van der Waals surface area contributed by atoms with Crippen molar-refractivity contribution in [3.05, 3.63) is 76.1 Å². The fourth-order valence-corrected chi connectivity index (χ4v) is 3.80. The first-order valence-corrected chi connectivity index (χ1v) is 9.96. The van der Waals surface area contributed by atoms with Crippen LogP contribution in [-0.2, 0) is 13.0 Å². The Labute approximate surface area is 178 Å². The van der Waals surface area contributed by atoms with E-state index in [1.165, 1.54) is 16.8 Å². The van der Waals surface area contributed by atoms with E-state index in [1.807, 2.05) is 31.3 Å². The van der Waals surface area contributed by atoms with Crippen molar-refractivity contribution in [2.24, 2.45) is 0 Å². The summed E-state index contributed by atoms with van der Waals surface area (Å²) in [6.07, 6.45) is 5.85. The highest BCUT2D eigenvalue weighted by molar-refractivity contribution is 5.61. The number of rotatable bonds is 4. The van der Waals surface area contributed by atoms with Gasteiger partial charge in [-0.2, -0.15) is 4.52 Å². The van der Waals surface area contributed by atoms with Gasteiger partial charge in [0.1, 0.15) is 0 Å². The molecule has 0 radical (unpaired) electrons. The Kier molecular flexibility index (Phi) is 4.70. The maximum absolute atomic E-state index is 12.2. The molecule has 1 N–H and O–H groups in total. The van der Waals surface area contributed by atoms with Gasteiger partial charge in [-0.1, -0.05) is 0 Å². The highest BCUT2D eigenvalue weighted by Crippen LogP contribution is 2.27. The maximum Gasteiger partial charge on any atom is 0.274 e. The molecule has 1 aliphatic rings. The van der Waals surface area contributed by atoms with Gasteiger partial charge in [-0.25, -0.2) is 9.97 Å². The van der Waals surface area contributed by atoms with Gasteiger partial charge < -0.3 is 15.0 Å². The van der Waals surface area contributed by atoms with E-state index < -0.39 is 0 Å². The number of pyridine rings is 2. The fraction of sp³-hybridized carbons (Fsp3) is 0.227. The normalized spacial score (nSPS) is 13.2. The SMILES string of the molecule is COc1cc(Nc2cnc3c(c2)CN(c2nn4c(=O)ccnc4cc2C)CC3)ccn1. The number of methoxy groups -OCH3 is 1. The van der Waals surface area contributed by atoms with Crippen molar-refractivity contribution < 1.29 is 4.74 Å². The topological polar surface area (TPSA) is 97.5 Å². The molecule has 5 heterocycles. The molecule has 5 rings (SSSR count). The summed E-state index contributed by atoms with van der Waals surface area (Å²) in [6.45, 7) is 3.43. The zero-order valence-corrected chi connectivity index (χ0v) is 17.2. The minimum Gasteiger partial charge on any atom is -0.481 e. The lowest BCUT2D eigenvalue weighted by Gasteiger charge is -2.30. The fourth-order valence-electron chi connectivity index (χ4n) is 3.80. The largest absolute Gasteiger partial charge is 0.481 e. The predicted octanol–water partition coefficient (Wildman–Crippen LogP) is 2.50. The minimum atomic E-state index is -0.190. The lowest BCUT2D eigenvalue weighted by molar-refractivity contribution is 0.398. The van der Waals surface area contributed by atoms with Crippen LogP contribution in [0.25, 0.3) is 5.65 Å². The lowest BCUT2D eigenvalue weighted by Crippen LogP contribution is -2.33. The summed E-state index contributed by atoms with van der Waals surface area (Å²) < 4.78 is 6.54. The number of nitrogens with one attached hydrogen (secondary N) is 1. The standard InChI is InChI=1S/C22H21N7O2/c1-14-9-19-23-7-4-21(30)29(19)27-22(14)28-8-5-18-15(13-28)10-17(12-25-18)26-16-3-6-24-20(11-16)31-2/h3-4,6-7,9-12H,5,8,13H2,1-2H3,(H,24,26). The van der Waals surface area contributed by atoms with Gasteiger partial charge in [0.2, 0.25) is 5.88 Å². The van der Waals surface area contributed by atoms with Crippen molar-refractivity contribution >= 4 is 22.8 Å². The van der Waals surface area contributed by atoms with Crippen LogP contribution in [0.1, 0.15) is 16.8 Å². The molecule has 0 bridgehead atoms. The van der Waals surface area contributed by atoms with Crippen LogP contribution >= 0.6 is 0 Å². The first kappa shape index (κ1) is 19.0. The van der Waals surface area contributed by atoms with Crippen LogP contribution in [-0.4, -0.2) is 38.2 Å². The van der Waals surface area contributed by atoms with Crippen LogP contribution in [0.3, 0.4) is 0 Å². The van der Waals surface area contributed by atoms with E-state index >= 15 is 0 Å². The molecule has 0 aromatic carbocycles. The Hall–Kier alpha value is -4.01. The van der Waals surface area contributed by atoms with Gasteiger partial charge in [-0.05, 0) is 36.2 Å². The van der Waals surface area contributed by atoms with E-state index in [-0.39, 0.29) is 5.56 Å². The Morgan fingerprint density at radius 2 is 1.94 bits per heavy atom. The van der Waals surface area contributed by atoms with Crippen LogP contribution in [0.5, 0.6) is 5.88 Å². The monoisotopic (exact) mass is 415 g/mol. The summed E-state index contributed by atoms with van der Waals surface area (Å²) in [5.74, 6) is 1.33. The van der Waals surface area contributed by atoms with Gasteiger partial charge in [0, 0.05) is 55.4 Å². The number of hydrogen-bond donors (Lipinski definition) is 1. The van der Waals surface area contributed by atoms with Crippen LogP contribution < -0.4 is 20.5 Å². The summed E-state index contributed by atoms with van der Waals surface area (Å²) in [6, 6.07) is 9.13. The molecule has 0 saturated heterocycles. The van der Waals surface area contributed by atoms with E-state index in [2.05, 4.69) is 36.3 Å². The highest BCUT2D eigenvalue weighted by atomic mass is 16.5. The third kappa shape index (κ3) is 3.65. The van der Waals surface area contributed by atoms with Crippen molar-refractivity contribution in [2.45, 2.75) is 19.9 Å². The van der Waals surface area contributed by atoms with Crippen molar-refractivity contribution in [2.75, 3.05) is 23.9 Å². The molecule has 0 amide bonds. The Bertz CT molecular complexity index is 1340. The summed E-state index contributed by atoms with van der Waals surface area (Å²) in [7, 11) is 1.59. The summed E-state index contributed by atoms with van der Waals surface area (Å²) in [5, 5.41) is 7.95. The molecular weight excluding hydrogens is 394 g/mol. The predicted molar refractivity (Wildman–Crippen MR) is 117 cm³/mol. The maximum atomic E-state index is 12.2. The number of aryl methyl sites for hydroxylation is 1. The number of fused-ring (bicyclic) bond motifs is 2. The zero-order chi connectivity index (χ0) is 21.4. The van der Waals surface area contributed by atoms with Gasteiger partial charge in [-0.15, -0.1) is 5.10 Å². The molecular formula is C22H21N7O2. The molecule has 9 heteroatoms. The van der Waals surface area contributed by atoms with Gasteiger partial charge in [0.05, 0.1) is 19.0 Å². The summed E-state index contributed by atoms with van der Waals surface area (Å²) in [4.78, 5) is 27.4. The Morgan fingerprint density at radius 1 is 1.06 bits per heavy atom. The molecule has 0 atom stereocenters. The molecule has 4 aromatic heterocycles. The first-order chi connectivity index (χ1) is 15.1.